The van der Waals surface area contributed by atoms with Gasteiger partial charge in [0.2, 0.25) is 0 Å². The van der Waals surface area contributed by atoms with E-state index >= 15 is 0 Å². The van der Waals surface area contributed by atoms with Crippen LogP contribution in [0.15, 0.2) is 33.8 Å². The number of rotatable bonds is 8. The number of benzene rings is 1. The molecule has 1 aromatic carbocycles. The second kappa shape index (κ2) is 12.0. The first-order valence-corrected chi connectivity index (χ1v) is 10.1. The Morgan fingerprint density at radius 2 is 1.83 bits per heavy atom. The van der Waals surface area contributed by atoms with Crippen LogP contribution in [-0.2, 0) is 25.9 Å². The smallest absolute Gasteiger partial charge is 0.191 e. The second-order valence-corrected chi connectivity index (χ2v) is 7.61. The number of ether oxygens (including phenoxy) is 1. The van der Waals surface area contributed by atoms with Gasteiger partial charge in [-0.15, -0.1) is 24.0 Å². The van der Waals surface area contributed by atoms with Crippen molar-refractivity contribution in [3.8, 4) is 5.75 Å². The molecule has 29 heavy (non-hydrogen) atoms. The highest BCUT2D eigenvalue weighted by Gasteiger charge is 2.15. The predicted octanol–water partition coefficient (Wildman–Crippen LogP) is 4.85. The number of hydrogen-bond acceptors (Lipinski definition) is 4. The van der Waals surface area contributed by atoms with E-state index in [0.717, 1.165) is 53.7 Å². The molecule has 6 nitrogen and oxygen atoms in total. The lowest BCUT2D eigenvalue weighted by molar-refractivity contribution is 0.129. The van der Waals surface area contributed by atoms with Crippen LogP contribution in [-0.4, -0.2) is 23.3 Å². The third-order valence-corrected chi connectivity index (χ3v) is 4.18. The number of aliphatic imine (C=N–C) groups is 1. The van der Waals surface area contributed by atoms with Gasteiger partial charge in [-0.05, 0) is 40.2 Å². The monoisotopic (exact) mass is 514 g/mol. The highest BCUT2D eigenvalue weighted by atomic mass is 127. The SMILES string of the molecule is CCNC(=NCc1ccccc1OC(C)(C)C)NCc1c(CC)noc1CC.I. The number of nitrogens with one attached hydrogen (secondary N) is 2. The summed E-state index contributed by atoms with van der Waals surface area (Å²) in [4.78, 5) is 4.75. The van der Waals surface area contributed by atoms with E-state index in [0.29, 0.717) is 13.1 Å². The van der Waals surface area contributed by atoms with Crippen molar-refractivity contribution < 1.29 is 9.26 Å². The van der Waals surface area contributed by atoms with Crippen molar-refractivity contribution in [2.45, 2.75) is 73.1 Å². The molecule has 2 aromatic rings. The van der Waals surface area contributed by atoms with Gasteiger partial charge in [-0.2, -0.15) is 0 Å². The van der Waals surface area contributed by atoms with Crippen LogP contribution >= 0.6 is 24.0 Å². The number of nitrogens with zero attached hydrogens (tertiary/aromatic N) is 2. The zero-order chi connectivity index (χ0) is 20.6. The molecule has 2 rings (SSSR count). The summed E-state index contributed by atoms with van der Waals surface area (Å²) < 4.78 is 11.5. The Labute approximate surface area is 191 Å². The summed E-state index contributed by atoms with van der Waals surface area (Å²) in [6.07, 6.45) is 1.68. The normalized spacial score (nSPS) is 11.7. The zero-order valence-electron chi connectivity index (χ0n) is 18.5. The van der Waals surface area contributed by atoms with Crippen molar-refractivity contribution in [1.29, 1.82) is 0 Å². The van der Waals surface area contributed by atoms with Crippen LogP contribution in [0.1, 0.15) is 64.1 Å². The third-order valence-electron chi connectivity index (χ3n) is 4.18. The molecule has 0 aliphatic heterocycles. The summed E-state index contributed by atoms with van der Waals surface area (Å²) in [5.74, 6) is 2.57. The van der Waals surface area contributed by atoms with Crippen LogP contribution in [0.3, 0.4) is 0 Å². The van der Waals surface area contributed by atoms with Crippen molar-refractivity contribution in [3.05, 3.63) is 46.8 Å². The van der Waals surface area contributed by atoms with Gasteiger partial charge >= 0.3 is 0 Å². The topological polar surface area (TPSA) is 71.7 Å². The molecule has 0 aliphatic carbocycles. The van der Waals surface area contributed by atoms with E-state index in [1.807, 2.05) is 39.0 Å². The predicted molar refractivity (Wildman–Crippen MR) is 129 cm³/mol. The van der Waals surface area contributed by atoms with Gasteiger partial charge in [-0.3, -0.25) is 0 Å². The average Bonchev–Trinajstić information content (AvgIpc) is 3.05. The molecule has 2 N–H and O–H groups in total. The maximum absolute atomic E-state index is 6.07. The van der Waals surface area contributed by atoms with E-state index in [-0.39, 0.29) is 29.6 Å². The molecule has 0 unspecified atom stereocenters. The Morgan fingerprint density at radius 3 is 2.45 bits per heavy atom. The van der Waals surface area contributed by atoms with Crippen LogP contribution in [0.25, 0.3) is 0 Å². The number of aryl methyl sites for hydroxylation is 2. The van der Waals surface area contributed by atoms with E-state index in [1.54, 1.807) is 0 Å². The van der Waals surface area contributed by atoms with E-state index in [4.69, 9.17) is 14.3 Å². The van der Waals surface area contributed by atoms with Crippen molar-refractivity contribution >= 4 is 29.9 Å². The molecule has 0 amide bonds. The fraction of sp³-hybridized carbons (Fsp3) is 0.545. The summed E-state index contributed by atoms with van der Waals surface area (Å²) in [7, 11) is 0. The fourth-order valence-corrected chi connectivity index (χ4v) is 2.88. The number of hydrogen-bond donors (Lipinski definition) is 2. The van der Waals surface area contributed by atoms with Gasteiger partial charge < -0.3 is 19.9 Å². The lowest BCUT2D eigenvalue weighted by Crippen LogP contribution is -2.37. The second-order valence-electron chi connectivity index (χ2n) is 7.61. The lowest BCUT2D eigenvalue weighted by atomic mass is 10.1. The van der Waals surface area contributed by atoms with Gasteiger partial charge in [0.25, 0.3) is 0 Å². The molecule has 0 radical (unpaired) electrons. The lowest BCUT2D eigenvalue weighted by Gasteiger charge is -2.23. The average molecular weight is 514 g/mol. The summed E-state index contributed by atoms with van der Waals surface area (Å²) in [5.41, 5.74) is 2.95. The first-order chi connectivity index (χ1) is 13.4. The van der Waals surface area contributed by atoms with Gasteiger partial charge in [-0.25, -0.2) is 4.99 Å². The molecule has 7 heteroatoms. The minimum Gasteiger partial charge on any atom is -0.488 e. The third kappa shape index (κ3) is 7.87. The Hall–Kier alpha value is -1.77. The summed E-state index contributed by atoms with van der Waals surface area (Å²) >= 11 is 0. The van der Waals surface area contributed by atoms with Gasteiger partial charge in [0, 0.05) is 30.6 Å². The molecule has 0 saturated carbocycles. The maximum atomic E-state index is 6.07. The molecule has 1 aromatic heterocycles. The summed E-state index contributed by atoms with van der Waals surface area (Å²) in [6, 6.07) is 8.05. The fourth-order valence-electron chi connectivity index (χ4n) is 2.88. The largest absolute Gasteiger partial charge is 0.488 e. The Morgan fingerprint density at radius 1 is 1.10 bits per heavy atom. The minimum atomic E-state index is -0.246. The molecule has 0 bridgehead atoms. The molecule has 0 spiro atoms. The molecule has 0 fully saturated rings. The van der Waals surface area contributed by atoms with Gasteiger partial charge in [0.05, 0.1) is 12.2 Å². The van der Waals surface area contributed by atoms with Crippen molar-refractivity contribution in [3.63, 3.8) is 0 Å². The molecular weight excluding hydrogens is 479 g/mol. The number of guanidine groups is 1. The molecule has 0 saturated heterocycles. The van der Waals surface area contributed by atoms with Crippen molar-refractivity contribution in [2.24, 2.45) is 4.99 Å². The minimum absolute atomic E-state index is 0. The molecule has 0 aliphatic rings. The standard InChI is InChI=1S/C22H34N4O2.HI/c1-7-18-17(19(8-2)28-26-18)15-25-21(23-9-3)24-14-16-12-10-11-13-20(16)27-22(4,5)6;/h10-13H,7-9,14-15H2,1-6H3,(H2,23,24,25);1H. The Balaban J connectivity index is 0.00000420. The van der Waals surface area contributed by atoms with Crippen LogP contribution in [0.2, 0.25) is 0 Å². The highest BCUT2D eigenvalue weighted by molar-refractivity contribution is 14.0. The Kier molecular flexibility index (Phi) is 10.5. The maximum Gasteiger partial charge on any atom is 0.191 e. The number of aromatic nitrogens is 1. The van der Waals surface area contributed by atoms with Gasteiger partial charge in [-0.1, -0.05) is 37.2 Å². The molecular formula is C22H35IN4O2. The Bertz CT molecular complexity index is 760. The van der Waals surface area contributed by atoms with Crippen LogP contribution in [0.4, 0.5) is 0 Å². The van der Waals surface area contributed by atoms with Crippen molar-refractivity contribution in [2.75, 3.05) is 6.54 Å². The van der Waals surface area contributed by atoms with Crippen LogP contribution in [0.5, 0.6) is 5.75 Å². The van der Waals surface area contributed by atoms with Crippen LogP contribution in [0, 0.1) is 0 Å². The van der Waals surface area contributed by atoms with Gasteiger partial charge in [0.15, 0.2) is 5.96 Å². The number of para-hydroxylation sites is 1. The highest BCUT2D eigenvalue weighted by Crippen LogP contribution is 2.23. The van der Waals surface area contributed by atoms with E-state index in [1.165, 1.54) is 0 Å². The van der Waals surface area contributed by atoms with E-state index in [2.05, 4.69) is 42.6 Å². The first kappa shape index (κ1) is 25.3. The zero-order valence-corrected chi connectivity index (χ0v) is 20.8. The first-order valence-electron chi connectivity index (χ1n) is 10.1. The van der Waals surface area contributed by atoms with Gasteiger partial charge in [0.1, 0.15) is 17.1 Å². The number of halogens is 1. The van der Waals surface area contributed by atoms with E-state index < -0.39 is 0 Å². The van der Waals surface area contributed by atoms with Crippen LogP contribution < -0.4 is 15.4 Å². The van der Waals surface area contributed by atoms with E-state index in [9.17, 15) is 0 Å². The summed E-state index contributed by atoms with van der Waals surface area (Å²) in [5, 5.41) is 10.9. The quantitative estimate of drug-likeness (QED) is 0.300. The molecule has 0 atom stereocenters. The molecule has 1 heterocycles. The summed E-state index contributed by atoms with van der Waals surface area (Å²) in [6.45, 7) is 14.3. The van der Waals surface area contributed by atoms with Crippen molar-refractivity contribution in [1.82, 2.24) is 15.8 Å². The molecule has 162 valence electrons.